The number of furan rings is 1. The van der Waals surface area contributed by atoms with E-state index in [4.69, 9.17) is 23.8 Å². The zero-order valence-corrected chi connectivity index (χ0v) is 42.7. The molecule has 0 spiro atoms. The van der Waals surface area contributed by atoms with Gasteiger partial charge in [-0.25, -0.2) is 9.97 Å². The van der Waals surface area contributed by atoms with Gasteiger partial charge in [0.2, 0.25) is 5.89 Å². The van der Waals surface area contributed by atoms with E-state index in [2.05, 4.69) is 164 Å². The molecule has 68 heavy (non-hydrogen) atoms. The molecule has 0 aliphatic rings. The van der Waals surface area contributed by atoms with Crippen molar-refractivity contribution in [3.05, 3.63) is 174 Å². The third kappa shape index (κ3) is 8.57. The van der Waals surface area contributed by atoms with Crippen molar-refractivity contribution in [1.82, 2.24) is 24.5 Å². The number of pyridine rings is 2. The average Bonchev–Trinajstić information content (AvgIpc) is 4.05. The van der Waals surface area contributed by atoms with Gasteiger partial charge in [-0.05, 0) is 105 Å². The normalized spacial score (nSPS) is 12.1. The summed E-state index contributed by atoms with van der Waals surface area (Å²) < 4.78 is 15.5. The Morgan fingerprint density at radius 1 is 0.574 bits per heavy atom. The molecule has 0 atom stereocenters. The summed E-state index contributed by atoms with van der Waals surface area (Å²) >= 11 is 0. The van der Waals surface area contributed by atoms with Crippen molar-refractivity contribution in [2.45, 2.75) is 91.9 Å². The number of hydrogen-bond donors (Lipinski definition) is 0. The molecule has 11 aromatic rings. The third-order valence-electron chi connectivity index (χ3n) is 12.5. The molecule has 0 aliphatic carbocycles. The number of rotatable bonds is 6. The van der Waals surface area contributed by atoms with Crippen LogP contribution in [0.3, 0.4) is 0 Å². The largest absolute Gasteiger partial charge is 0.499 e. The Hall–Kier alpha value is -6.73. The molecule has 0 amide bonds. The molecule has 8 heteroatoms. The molecule has 0 fully saturated rings. The van der Waals surface area contributed by atoms with Crippen LogP contribution in [0.15, 0.2) is 148 Å². The van der Waals surface area contributed by atoms with E-state index < -0.39 is 0 Å². The number of oxazole rings is 1. The summed E-state index contributed by atoms with van der Waals surface area (Å²) in [7, 11) is 0. The van der Waals surface area contributed by atoms with E-state index in [1.807, 2.05) is 66.9 Å². The van der Waals surface area contributed by atoms with Crippen molar-refractivity contribution in [3.63, 3.8) is 0 Å². The van der Waals surface area contributed by atoms with E-state index in [1.54, 1.807) is 0 Å². The second-order valence-corrected chi connectivity index (χ2v) is 20.2. The molecule has 5 aromatic heterocycles. The van der Waals surface area contributed by atoms with Crippen molar-refractivity contribution in [2.24, 2.45) is 0 Å². The Morgan fingerprint density at radius 3 is 1.97 bits per heavy atom. The molecule has 0 unspecified atom stereocenters. The van der Waals surface area contributed by atoms with E-state index in [-0.39, 0.29) is 42.8 Å². The van der Waals surface area contributed by atoms with Gasteiger partial charge in [-0.2, -0.15) is 0 Å². The molecule has 0 bridgehead atoms. The first-order chi connectivity index (χ1) is 32.1. The van der Waals surface area contributed by atoms with Crippen LogP contribution in [0.4, 0.5) is 0 Å². The van der Waals surface area contributed by atoms with Crippen LogP contribution in [-0.4, -0.2) is 24.5 Å². The predicted molar refractivity (Wildman–Crippen MR) is 275 cm³/mol. The molecule has 0 saturated heterocycles. The summed E-state index contributed by atoms with van der Waals surface area (Å²) in [6, 6.07) is 52.7. The first-order valence-corrected chi connectivity index (χ1v) is 23.3. The summed E-state index contributed by atoms with van der Waals surface area (Å²) in [5.41, 5.74) is 16.7. The minimum absolute atomic E-state index is 0. The van der Waals surface area contributed by atoms with Crippen LogP contribution in [0, 0.1) is 12.1 Å². The minimum atomic E-state index is -0.217. The van der Waals surface area contributed by atoms with Gasteiger partial charge in [-0.15, -0.1) is 54.1 Å². The van der Waals surface area contributed by atoms with Gasteiger partial charge in [-0.1, -0.05) is 123 Å². The topological polar surface area (TPSA) is 82.8 Å². The summed E-state index contributed by atoms with van der Waals surface area (Å²) in [4.78, 5) is 19.6. The van der Waals surface area contributed by atoms with Crippen LogP contribution in [-0.2, 0) is 30.9 Å². The summed E-state index contributed by atoms with van der Waals surface area (Å²) in [5, 5.41) is 1.79. The maximum Gasteiger partial charge on any atom is 0.200 e. The Labute approximate surface area is 412 Å². The minimum Gasteiger partial charge on any atom is -0.499 e. The fourth-order valence-corrected chi connectivity index (χ4v) is 8.89. The van der Waals surface area contributed by atoms with Crippen molar-refractivity contribution < 1.29 is 28.9 Å². The first-order valence-electron chi connectivity index (χ1n) is 23.3. The quantitative estimate of drug-likeness (QED) is 0.154. The van der Waals surface area contributed by atoms with E-state index in [0.29, 0.717) is 17.1 Å². The van der Waals surface area contributed by atoms with Crippen molar-refractivity contribution in [2.75, 3.05) is 0 Å². The molecule has 343 valence electrons. The molecule has 0 aliphatic heterocycles. The van der Waals surface area contributed by atoms with Gasteiger partial charge in [-0.3, -0.25) is 4.98 Å². The van der Waals surface area contributed by atoms with Crippen LogP contribution in [0.25, 0.3) is 94.6 Å². The van der Waals surface area contributed by atoms with Crippen LogP contribution in [0.5, 0.6) is 0 Å². The third-order valence-corrected chi connectivity index (χ3v) is 12.5. The molecule has 0 saturated carbocycles. The fraction of sp³-hybridized carbons (Fsp3) is 0.233. The molecule has 0 N–H and O–H groups in total. The zero-order valence-electron chi connectivity index (χ0n) is 40.3. The van der Waals surface area contributed by atoms with Gasteiger partial charge in [0, 0.05) is 42.8 Å². The summed E-state index contributed by atoms with van der Waals surface area (Å²) in [6.07, 6.45) is 1.87. The second-order valence-electron chi connectivity index (χ2n) is 20.2. The molecule has 6 aromatic carbocycles. The standard InChI is InChI=1S/C45H39N4O2.C15H16N.Ir/c1-25(2)31-22-28(27-14-9-8-10-15-27)23-32(26(3)4)40(31)49-37-19-12-11-18-35(37)47-43(49)30-17-13-16-29-39-38(50-41(29)30)24-33-34(46-39)20-21-36-42(33)51-44(48-36)45(5,6)7;1-15(2,3)13-9-10-16-14(11-13)12-7-5-4-6-8-12;/h8-16,18-26H,1-7H3;4-7,9-11H,1-3H3;/q2*-1;. The van der Waals surface area contributed by atoms with Gasteiger partial charge in [0.05, 0.1) is 33.5 Å². The Bertz CT molecular complexity index is 3580. The van der Waals surface area contributed by atoms with E-state index >= 15 is 0 Å². The van der Waals surface area contributed by atoms with E-state index in [0.717, 1.165) is 72.3 Å². The number of hydrogen-bond acceptors (Lipinski definition) is 6. The summed E-state index contributed by atoms with van der Waals surface area (Å²) in [6.45, 7) is 22.0. The van der Waals surface area contributed by atoms with Gasteiger partial charge in [0.1, 0.15) is 11.1 Å². The second kappa shape index (κ2) is 18.1. The maximum absolute atomic E-state index is 6.78. The smallest absolute Gasteiger partial charge is 0.200 e. The maximum atomic E-state index is 6.78. The number of para-hydroxylation sites is 2. The molecule has 1 radical (unpaired) electrons. The molecule has 11 rings (SSSR count). The number of nitrogens with zero attached hydrogens (tertiary/aromatic N) is 5. The van der Waals surface area contributed by atoms with Crippen LogP contribution >= 0.6 is 0 Å². The number of aromatic nitrogens is 5. The fourth-order valence-electron chi connectivity index (χ4n) is 8.89. The Balaban J connectivity index is 0.000000289. The number of fused-ring (bicyclic) bond motifs is 7. The molecular weight excluding hydrogens is 1010 g/mol. The Morgan fingerprint density at radius 2 is 1.28 bits per heavy atom. The average molecular weight is 1070 g/mol. The van der Waals surface area contributed by atoms with Gasteiger partial charge in [0.25, 0.3) is 0 Å². The van der Waals surface area contributed by atoms with Gasteiger partial charge in [0.15, 0.2) is 5.58 Å². The molecule has 5 heterocycles. The van der Waals surface area contributed by atoms with Gasteiger partial charge >= 0.3 is 0 Å². The Kier molecular flexibility index (Phi) is 12.3. The monoisotopic (exact) mass is 1070 g/mol. The molecular formula is C60H55IrN5O2-2. The number of benzene rings is 6. The van der Waals surface area contributed by atoms with E-state index in [9.17, 15) is 0 Å². The zero-order chi connectivity index (χ0) is 46.8. The van der Waals surface area contributed by atoms with Gasteiger partial charge < -0.3 is 18.4 Å². The van der Waals surface area contributed by atoms with E-state index in [1.165, 1.54) is 27.8 Å². The molecule has 7 nitrogen and oxygen atoms in total. The van der Waals surface area contributed by atoms with Crippen LogP contribution in [0.1, 0.15) is 104 Å². The SMILES string of the molecule is CC(C)(C)c1ccnc(-c2[c-]cccc2)c1.CC(C)c1cc(-c2ccccc2)cc(C(C)C)c1-n1c(-c2[c-]ccc3c2oc2cc4c(ccc5nc(C(C)(C)C)oc54)nc23)nc2ccccc21.[Ir]. The van der Waals surface area contributed by atoms with Crippen LogP contribution in [0.2, 0.25) is 0 Å². The summed E-state index contributed by atoms with van der Waals surface area (Å²) in [5.74, 6) is 1.99. The van der Waals surface area contributed by atoms with Crippen LogP contribution < -0.4 is 0 Å². The first kappa shape index (κ1) is 46.4. The van der Waals surface area contributed by atoms with Crippen molar-refractivity contribution in [3.8, 4) is 39.5 Å². The number of imidazole rings is 1. The van der Waals surface area contributed by atoms with Crippen molar-refractivity contribution in [1.29, 1.82) is 0 Å². The van der Waals surface area contributed by atoms with Crippen molar-refractivity contribution >= 4 is 55.1 Å². The predicted octanol–water partition coefficient (Wildman–Crippen LogP) is 16.1.